The smallest absolute Gasteiger partial charge is 0.405 e. The predicted octanol–water partition coefficient (Wildman–Crippen LogP) is 4.57. The number of alkyl halides is 3. The summed E-state index contributed by atoms with van der Waals surface area (Å²) in [5, 5.41) is 9.04. The maximum Gasteiger partial charge on any atom is 0.573 e. The third kappa shape index (κ3) is 4.11. The SMILES string of the molecule is Cn1c(C#N)ccc1-c1ccc(SN2CCCC2)c(OC(F)(F)F)c1. The van der Waals surface area contributed by atoms with Crippen LogP contribution < -0.4 is 4.74 Å². The first-order chi connectivity index (χ1) is 11.9. The van der Waals surface area contributed by atoms with E-state index in [1.807, 2.05) is 10.4 Å². The number of hydrogen-bond acceptors (Lipinski definition) is 4. The number of nitriles is 1. The molecule has 1 saturated heterocycles. The van der Waals surface area contributed by atoms with Crippen LogP contribution in [0.15, 0.2) is 35.2 Å². The highest BCUT2D eigenvalue weighted by atomic mass is 32.2. The summed E-state index contributed by atoms with van der Waals surface area (Å²) in [7, 11) is 1.70. The van der Waals surface area contributed by atoms with Crippen LogP contribution in [-0.2, 0) is 7.05 Å². The molecule has 25 heavy (non-hydrogen) atoms. The van der Waals surface area contributed by atoms with Crippen molar-refractivity contribution in [3.05, 3.63) is 36.0 Å². The van der Waals surface area contributed by atoms with E-state index in [4.69, 9.17) is 5.26 Å². The van der Waals surface area contributed by atoms with Gasteiger partial charge in [0.1, 0.15) is 17.5 Å². The number of benzene rings is 1. The third-order valence-electron chi connectivity index (χ3n) is 3.99. The molecule has 0 unspecified atom stereocenters. The molecule has 1 aliphatic heterocycles. The molecule has 2 heterocycles. The molecule has 132 valence electrons. The summed E-state index contributed by atoms with van der Waals surface area (Å²) in [5.74, 6) is -0.221. The summed E-state index contributed by atoms with van der Waals surface area (Å²) in [6.07, 6.45) is -2.67. The van der Waals surface area contributed by atoms with E-state index in [0.717, 1.165) is 25.9 Å². The zero-order chi connectivity index (χ0) is 18.0. The fraction of sp³-hybridized carbons (Fsp3) is 0.353. The van der Waals surface area contributed by atoms with Gasteiger partial charge in [0.05, 0.1) is 4.90 Å². The molecule has 0 spiro atoms. The van der Waals surface area contributed by atoms with Crippen molar-refractivity contribution < 1.29 is 17.9 Å². The minimum Gasteiger partial charge on any atom is -0.405 e. The molecule has 1 aromatic heterocycles. The molecule has 0 saturated carbocycles. The van der Waals surface area contributed by atoms with Gasteiger partial charge in [0.2, 0.25) is 0 Å². The zero-order valence-corrected chi connectivity index (χ0v) is 14.3. The minimum atomic E-state index is -4.76. The Hall–Kier alpha value is -2.11. The second kappa shape index (κ2) is 7.02. The Labute approximate surface area is 147 Å². The lowest BCUT2D eigenvalue weighted by atomic mass is 10.1. The molecule has 1 aromatic carbocycles. The highest BCUT2D eigenvalue weighted by Gasteiger charge is 2.33. The number of nitrogens with zero attached hydrogens (tertiary/aromatic N) is 3. The van der Waals surface area contributed by atoms with Crippen LogP contribution in [0.3, 0.4) is 0 Å². The molecule has 4 nitrogen and oxygen atoms in total. The Bertz CT molecular complexity index is 804. The zero-order valence-electron chi connectivity index (χ0n) is 13.5. The first kappa shape index (κ1) is 17.7. The molecule has 0 N–H and O–H groups in total. The summed E-state index contributed by atoms with van der Waals surface area (Å²) in [6, 6.07) is 10.1. The summed E-state index contributed by atoms with van der Waals surface area (Å²) < 4.78 is 46.4. The van der Waals surface area contributed by atoms with E-state index in [-0.39, 0.29) is 5.75 Å². The first-order valence-electron chi connectivity index (χ1n) is 7.76. The molecule has 2 aromatic rings. The monoisotopic (exact) mass is 367 g/mol. The molecular weight excluding hydrogens is 351 g/mol. The fourth-order valence-electron chi connectivity index (χ4n) is 2.78. The third-order valence-corrected chi connectivity index (χ3v) is 5.15. The van der Waals surface area contributed by atoms with Gasteiger partial charge in [-0.1, -0.05) is 6.07 Å². The molecule has 0 aliphatic carbocycles. The van der Waals surface area contributed by atoms with Crippen LogP contribution in [0.25, 0.3) is 11.3 Å². The van der Waals surface area contributed by atoms with Gasteiger partial charge in [-0.05, 0) is 49.1 Å². The first-order valence-corrected chi connectivity index (χ1v) is 8.53. The molecule has 1 aliphatic rings. The molecule has 0 atom stereocenters. The summed E-state index contributed by atoms with van der Waals surface area (Å²) in [4.78, 5) is 0.428. The van der Waals surface area contributed by atoms with E-state index in [1.54, 1.807) is 35.9 Å². The van der Waals surface area contributed by atoms with Crippen LogP contribution in [0.4, 0.5) is 13.2 Å². The number of hydrogen-bond donors (Lipinski definition) is 0. The van der Waals surface area contributed by atoms with Gasteiger partial charge in [-0.25, -0.2) is 4.31 Å². The Morgan fingerprint density at radius 1 is 1.16 bits per heavy atom. The van der Waals surface area contributed by atoms with Crippen molar-refractivity contribution in [1.82, 2.24) is 8.87 Å². The molecular formula is C17H16F3N3OS. The average molecular weight is 367 g/mol. The van der Waals surface area contributed by atoms with Crippen LogP contribution in [0.5, 0.6) is 5.75 Å². The number of rotatable bonds is 4. The number of ether oxygens (including phenoxy) is 1. The molecule has 8 heteroatoms. The van der Waals surface area contributed by atoms with Crippen molar-refractivity contribution in [2.75, 3.05) is 13.1 Å². The van der Waals surface area contributed by atoms with Crippen molar-refractivity contribution in [1.29, 1.82) is 5.26 Å². The Morgan fingerprint density at radius 3 is 2.48 bits per heavy atom. The summed E-state index contributed by atoms with van der Waals surface area (Å²) in [6.45, 7) is 1.70. The quantitative estimate of drug-likeness (QED) is 0.743. The van der Waals surface area contributed by atoms with Gasteiger partial charge in [-0.15, -0.1) is 13.2 Å². The number of halogens is 3. The van der Waals surface area contributed by atoms with Crippen LogP contribution in [0, 0.1) is 11.3 Å². The fourth-order valence-corrected chi connectivity index (χ4v) is 3.82. The lowest BCUT2D eigenvalue weighted by molar-refractivity contribution is -0.275. The van der Waals surface area contributed by atoms with Gasteiger partial charge < -0.3 is 9.30 Å². The normalized spacial score (nSPS) is 15.3. The van der Waals surface area contributed by atoms with Gasteiger partial charge in [0.15, 0.2) is 0 Å². The van der Waals surface area contributed by atoms with Gasteiger partial charge >= 0.3 is 6.36 Å². The van der Waals surface area contributed by atoms with Crippen molar-refractivity contribution in [2.24, 2.45) is 7.05 Å². The van der Waals surface area contributed by atoms with Crippen LogP contribution in [-0.4, -0.2) is 28.3 Å². The van der Waals surface area contributed by atoms with Crippen molar-refractivity contribution in [3.63, 3.8) is 0 Å². The predicted molar refractivity (Wildman–Crippen MR) is 88.9 cm³/mol. The Morgan fingerprint density at radius 2 is 1.88 bits per heavy atom. The minimum absolute atomic E-state index is 0.221. The standard InChI is InChI=1S/C17H16F3N3OS/c1-22-13(11-21)5-6-14(22)12-4-7-16(25-23-8-2-3-9-23)15(10-12)24-17(18,19)20/h4-7,10H,2-3,8-9H2,1H3. The van der Waals surface area contributed by atoms with Gasteiger partial charge in [-0.2, -0.15) is 5.26 Å². The van der Waals surface area contributed by atoms with E-state index in [2.05, 4.69) is 4.74 Å². The molecule has 0 bridgehead atoms. The van der Waals surface area contributed by atoms with Gasteiger partial charge in [0, 0.05) is 31.4 Å². The second-order valence-corrected chi connectivity index (χ2v) is 6.85. The maximum absolute atomic E-state index is 12.8. The molecule has 0 amide bonds. The molecule has 3 rings (SSSR count). The van der Waals surface area contributed by atoms with Crippen molar-refractivity contribution in [2.45, 2.75) is 24.1 Å². The van der Waals surface area contributed by atoms with Crippen LogP contribution in [0.2, 0.25) is 0 Å². The van der Waals surface area contributed by atoms with E-state index in [1.165, 1.54) is 18.0 Å². The van der Waals surface area contributed by atoms with E-state index in [0.29, 0.717) is 21.8 Å². The average Bonchev–Trinajstić information content (AvgIpc) is 3.17. The Balaban J connectivity index is 1.96. The largest absolute Gasteiger partial charge is 0.573 e. The molecule has 1 fully saturated rings. The summed E-state index contributed by atoms with van der Waals surface area (Å²) in [5.41, 5.74) is 1.65. The molecule has 0 radical (unpaired) electrons. The van der Waals surface area contributed by atoms with E-state index >= 15 is 0 Å². The highest BCUT2D eigenvalue weighted by Crippen LogP contribution is 2.39. The Kier molecular flexibility index (Phi) is 4.97. The van der Waals surface area contributed by atoms with E-state index < -0.39 is 6.36 Å². The second-order valence-electron chi connectivity index (χ2n) is 5.71. The lowest BCUT2D eigenvalue weighted by Crippen LogP contribution is -2.18. The van der Waals surface area contributed by atoms with Crippen molar-refractivity contribution in [3.8, 4) is 23.1 Å². The highest BCUT2D eigenvalue weighted by molar-refractivity contribution is 7.97. The lowest BCUT2D eigenvalue weighted by Gasteiger charge is -2.18. The van der Waals surface area contributed by atoms with Crippen molar-refractivity contribution >= 4 is 11.9 Å². The van der Waals surface area contributed by atoms with Gasteiger partial charge in [-0.3, -0.25) is 0 Å². The van der Waals surface area contributed by atoms with E-state index in [9.17, 15) is 13.2 Å². The van der Waals surface area contributed by atoms with Gasteiger partial charge in [0.25, 0.3) is 0 Å². The van der Waals surface area contributed by atoms with Crippen LogP contribution >= 0.6 is 11.9 Å². The number of aromatic nitrogens is 1. The summed E-state index contributed by atoms with van der Waals surface area (Å²) >= 11 is 1.29. The topological polar surface area (TPSA) is 41.2 Å². The van der Waals surface area contributed by atoms with Crippen LogP contribution in [0.1, 0.15) is 18.5 Å². The maximum atomic E-state index is 12.8.